The molecule has 0 radical (unpaired) electrons. The number of ether oxygens (including phenoxy) is 1. The maximum atomic E-state index is 14.2. The zero-order valence-electron chi connectivity index (χ0n) is 22.2. The summed E-state index contributed by atoms with van der Waals surface area (Å²) in [5.74, 6) is -0.743. The van der Waals surface area contributed by atoms with Crippen molar-refractivity contribution in [3.8, 4) is 5.75 Å². The van der Waals surface area contributed by atoms with Gasteiger partial charge in [0.25, 0.3) is 0 Å². The number of carboxylic acids is 1. The Hall–Kier alpha value is -2.78. The number of nitrogens with zero attached hydrogens (tertiary/aromatic N) is 3. The molecule has 1 aromatic carbocycles. The van der Waals surface area contributed by atoms with E-state index in [9.17, 15) is 19.5 Å². The first-order valence-corrected chi connectivity index (χ1v) is 14.2. The molecule has 1 saturated heterocycles. The van der Waals surface area contributed by atoms with E-state index in [0.29, 0.717) is 66.0 Å². The quantitative estimate of drug-likeness (QED) is 0.481. The lowest BCUT2D eigenvalue weighted by molar-refractivity contribution is -0.162. The van der Waals surface area contributed by atoms with Crippen LogP contribution < -0.4 is 4.74 Å². The summed E-state index contributed by atoms with van der Waals surface area (Å²) in [5, 5.41) is 15.0. The second-order valence-corrected chi connectivity index (χ2v) is 11.8. The fourth-order valence-corrected chi connectivity index (χ4v) is 6.68. The number of fused-ring (bicyclic) bond motifs is 1. The molecular weight excluding hydrogens is 545 g/mol. The minimum absolute atomic E-state index is 0.0388. The van der Waals surface area contributed by atoms with Crippen LogP contribution in [0, 0.1) is 18.3 Å². The van der Waals surface area contributed by atoms with E-state index in [0.717, 1.165) is 30.4 Å². The van der Waals surface area contributed by atoms with Gasteiger partial charge in [0.1, 0.15) is 23.1 Å². The molecule has 1 saturated carbocycles. The predicted octanol–water partition coefficient (Wildman–Crippen LogP) is 5.20. The highest BCUT2D eigenvalue weighted by molar-refractivity contribution is 6.32. The fraction of sp³-hybridized carbons (Fsp3) is 0.571. The number of aliphatic carboxylic acids is 1. The SMILES string of the molecule is Cc1onc(COc2ccc(Cl)c3c2[C@@H](CN2CCCC2=O)N(C(=O)[C@@H]2CCCC[C@]2(C)C(=O)O)CC3)c1Cl. The van der Waals surface area contributed by atoms with Gasteiger partial charge in [0, 0.05) is 36.6 Å². The molecule has 3 heterocycles. The van der Waals surface area contributed by atoms with Gasteiger partial charge in [-0.1, -0.05) is 41.2 Å². The molecule has 0 bridgehead atoms. The standard InChI is InChI=1S/C28H33Cl2N3O6/c1-16-25(30)20(31-39-16)15-38-22-9-8-19(29)17-10-13-33(21(24(17)22)14-32-12-5-7-23(32)34)26(35)18-6-3-4-11-28(18,2)27(36)37/h8-9,18,21H,3-7,10-15H2,1-2H3,(H,36,37)/t18-,21+,28-/m0/s1. The third-order valence-corrected chi connectivity index (χ3v) is 9.47. The molecule has 39 heavy (non-hydrogen) atoms. The first-order valence-electron chi connectivity index (χ1n) is 13.5. The van der Waals surface area contributed by atoms with Gasteiger partial charge in [-0.05, 0) is 57.2 Å². The van der Waals surface area contributed by atoms with Gasteiger partial charge in [-0.15, -0.1) is 0 Å². The van der Waals surface area contributed by atoms with Crippen molar-refractivity contribution in [1.29, 1.82) is 0 Å². The number of benzene rings is 1. The third-order valence-electron chi connectivity index (χ3n) is 8.63. The molecule has 0 unspecified atom stereocenters. The smallest absolute Gasteiger partial charge is 0.310 e. The van der Waals surface area contributed by atoms with Gasteiger partial charge < -0.3 is 24.2 Å². The predicted molar refractivity (Wildman–Crippen MR) is 144 cm³/mol. The lowest BCUT2D eigenvalue weighted by Crippen LogP contribution is -2.52. The number of amides is 2. The third kappa shape index (κ3) is 5.11. The number of halogens is 2. The van der Waals surface area contributed by atoms with Crippen LogP contribution >= 0.6 is 23.2 Å². The maximum absolute atomic E-state index is 14.2. The van der Waals surface area contributed by atoms with Crippen LogP contribution in [0.1, 0.15) is 74.1 Å². The topological polar surface area (TPSA) is 113 Å². The molecule has 3 atom stereocenters. The minimum Gasteiger partial charge on any atom is -0.487 e. The van der Waals surface area contributed by atoms with Crippen LogP contribution in [-0.2, 0) is 27.4 Å². The Morgan fingerprint density at radius 3 is 2.67 bits per heavy atom. The van der Waals surface area contributed by atoms with Crippen molar-refractivity contribution in [2.45, 2.75) is 71.4 Å². The van der Waals surface area contributed by atoms with Crippen LogP contribution in [-0.4, -0.2) is 57.5 Å². The number of carboxylic acid groups (broad SMARTS) is 1. The van der Waals surface area contributed by atoms with Crippen LogP contribution in [0.4, 0.5) is 0 Å². The van der Waals surface area contributed by atoms with Crippen LogP contribution in [0.25, 0.3) is 0 Å². The first kappa shape index (κ1) is 27.8. The van der Waals surface area contributed by atoms with Crippen molar-refractivity contribution < 1.29 is 28.8 Å². The number of aromatic nitrogens is 1. The molecule has 0 spiro atoms. The largest absolute Gasteiger partial charge is 0.487 e. The van der Waals surface area contributed by atoms with Crippen LogP contribution in [0.5, 0.6) is 5.75 Å². The summed E-state index contributed by atoms with van der Waals surface area (Å²) in [6.07, 6.45) is 4.27. The average molecular weight is 578 g/mol. The maximum Gasteiger partial charge on any atom is 0.310 e. The summed E-state index contributed by atoms with van der Waals surface area (Å²) in [5.41, 5.74) is 0.916. The Balaban J connectivity index is 1.53. The number of carbonyl (C=O) groups excluding carboxylic acids is 2. The van der Waals surface area contributed by atoms with Crippen molar-refractivity contribution >= 4 is 41.0 Å². The number of hydrogen-bond acceptors (Lipinski definition) is 6. The second kappa shape index (κ2) is 11.0. The van der Waals surface area contributed by atoms with E-state index in [1.807, 2.05) is 0 Å². The molecule has 210 valence electrons. The van der Waals surface area contributed by atoms with E-state index in [4.69, 9.17) is 32.5 Å². The Morgan fingerprint density at radius 1 is 1.21 bits per heavy atom. The number of rotatable bonds is 7. The molecule has 2 aromatic rings. The number of hydrogen-bond donors (Lipinski definition) is 1. The highest BCUT2D eigenvalue weighted by atomic mass is 35.5. The number of likely N-dealkylation sites (tertiary alicyclic amines) is 1. The molecule has 1 aliphatic carbocycles. The van der Waals surface area contributed by atoms with Crippen molar-refractivity contribution in [1.82, 2.24) is 15.0 Å². The van der Waals surface area contributed by atoms with Gasteiger partial charge in [0.2, 0.25) is 11.8 Å². The van der Waals surface area contributed by atoms with Crippen molar-refractivity contribution in [3.05, 3.63) is 44.8 Å². The molecule has 1 aromatic heterocycles. The molecule has 2 fully saturated rings. The average Bonchev–Trinajstić information content (AvgIpc) is 3.47. The zero-order chi connectivity index (χ0) is 27.9. The van der Waals surface area contributed by atoms with Crippen LogP contribution in [0.2, 0.25) is 10.0 Å². The van der Waals surface area contributed by atoms with E-state index in [1.54, 1.807) is 35.8 Å². The Labute approximate surface area is 237 Å². The highest BCUT2D eigenvalue weighted by Gasteiger charge is 2.50. The van der Waals surface area contributed by atoms with Gasteiger partial charge in [-0.3, -0.25) is 14.4 Å². The molecule has 5 rings (SSSR count). The number of carbonyl (C=O) groups is 3. The Bertz CT molecular complexity index is 1300. The molecule has 2 aliphatic heterocycles. The van der Waals surface area contributed by atoms with E-state index >= 15 is 0 Å². The molecule has 11 heteroatoms. The summed E-state index contributed by atoms with van der Waals surface area (Å²) >= 11 is 13.0. The van der Waals surface area contributed by atoms with Gasteiger partial charge in [-0.25, -0.2) is 0 Å². The van der Waals surface area contributed by atoms with E-state index in [1.165, 1.54) is 0 Å². The van der Waals surface area contributed by atoms with E-state index in [2.05, 4.69) is 5.16 Å². The monoisotopic (exact) mass is 577 g/mol. The number of aryl methyl sites for hydroxylation is 1. The molecule has 3 aliphatic rings. The summed E-state index contributed by atoms with van der Waals surface area (Å²) in [4.78, 5) is 42.8. The summed E-state index contributed by atoms with van der Waals surface area (Å²) < 4.78 is 11.4. The van der Waals surface area contributed by atoms with Gasteiger partial charge in [0.15, 0.2) is 5.76 Å². The van der Waals surface area contributed by atoms with Crippen molar-refractivity contribution in [3.63, 3.8) is 0 Å². The summed E-state index contributed by atoms with van der Waals surface area (Å²) in [6, 6.07) is 2.99. The van der Waals surface area contributed by atoms with Crippen LogP contribution in [0.15, 0.2) is 16.7 Å². The van der Waals surface area contributed by atoms with E-state index < -0.39 is 23.3 Å². The summed E-state index contributed by atoms with van der Waals surface area (Å²) in [6.45, 7) is 4.71. The molecule has 1 N–H and O–H groups in total. The molecular formula is C28H33Cl2N3O6. The van der Waals surface area contributed by atoms with Crippen molar-refractivity contribution in [2.75, 3.05) is 19.6 Å². The molecule has 9 nitrogen and oxygen atoms in total. The minimum atomic E-state index is -1.14. The Kier molecular flexibility index (Phi) is 7.84. The van der Waals surface area contributed by atoms with Crippen molar-refractivity contribution in [2.24, 2.45) is 11.3 Å². The summed E-state index contributed by atoms with van der Waals surface area (Å²) in [7, 11) is 0. The van der Waals surface area contributed by atoms with Gasteiger partial charge in [-0.2, -0.15) is 0 Å². The van der Waals surface area contributed by atoms with Crippen LogP contribution in [0.3, 0.4) is 0 Å². The fourth-order valence-electron chi connectivity index (χ4n) is 6.29. The first-order chi connectivity index (χ1) is 18.6. The zero-order valence-corrected chi connectivity index (χ0v) is 23.7. The van der Waals surface area contributed by atoms with E-state index in [-0.39, 0.29) is 25.0 Å². The van der Waals surface area contributed by atoms with Gasteiger partial charge >= 0.3 is 5.97 Å². The molecule has 2 amide bonds. The Morgan fingerprint density at radius 2 is 2.00 bits per heavy atom. The lowest BCUT2D eigenvalue weighted by Gasteiger charge is -2.45. The highest BCUT2D eigenvalue weighted by Crippen LogP contribution is 2.46. The second-order valence-electron chi connectivity index (χ2n) is 11.0. The lowest BCUT2D eigenvalue weighted by atomic mass is 9.66. The normalized spacial score (nSPS) is 25.1. The van der Waals surface area contributed by atoms with Gasteiger partial charge in [0.05, 0.1) is 17.4 Å².